The van der Waals surface area contributed by atoms with E-state index in [-0.39, 0.29) is 30.5 Å². The summed E-state index contributed by atoms with van der Waals surface area (Å²) in [6, 6.07) is 4.60. The number of nitrogens with one attached hydrogen (secondary N) is 1. The number of aromatic amines is 1. The topological polar surface area (TPSA) is 99.5 Å². The third kappa shape index (κ3) is 3.19. The fourth-order valence-electron chi connectivity index (χ4n) is 3.14. The van der Waals surface area contributed by atoms with E-state index < -0.39 is 4.92 Å². The lowest BCUT2D eigenvalue weighted by atomic mass is 9.98. The third-order valence-electron chi connectivity index (χ3n) is 4.43. The van der Waals surface area contributed by atoms with E-state index in [1.165, 1.54) is 12.1 Å². The standard InChI is InChI=1S/C16H19N3O4/c20-10-11-2-1-5-18(9-11)16(21)6-12-8-17-15-4-3-13(19(22)23)7-14(12)15/h3-4,7-8,11,17,20H,1-2,5-6,9-10H2. The van der Waals surface area contributed by atoms with Crippen molar-refractivity contribution in [3.05, 3.63) is 40.1 Å². The zero-order chi connectivity index (χ0) is 16.4. The molecule has 1 atom stereocenters. The van der Waals surface area contributed by atoms with Crippen molar-refractivity contribution in [3.63, 3.8) is 0 Å². The van der Waals surface area contributed by atoms with Gasteiger partial charge in [0.15, 0.2) is 0 Å². The van der Waals surface area contributed by atoms with Crippen molar-refractivity contribution < 1.29 is 14.8 Å². The second kappa shape index (κ2) is 6.37. The first-order valence-corrected chi connectivity index (χ1v) is 7.71. The Hall–Kier alpha value is -2.41. The van der Waals surface area contributed by atoms with Gasteiger partial charge in [0, 0.05) is 48.9 Å². The van der Waals surface area contributed by atoms with Gasteiger partial charge in [0.1, 0.15) is 0 Å². The first-order valence-electron chi connectivity index (χ1n) is 7.71. The predicted octanol–water partition coefficient (Wildman–Crippen LogP) is 1.85. The summed E-state index contributed by atoms with van der Waals surface area (Å²) in [5.74, 6) is 0.146. The summed E-state index contributed by atoms with van der Waals surface area (Å²) in [4.78, 5) is 27.8. The monoisotopic (exact) mass is 317 g/mol. The highest BCUT2D eigenvalue weighted by Gasteiger charge is 2.24. The van der Waals surface area contributed by atoms with Crippen molar-refractivity contribution in [1.82, 2.24) is 9.88 Å². The van der Waals surface area contributed by atoms with Crippen LogP contribution in [0.5, 0.6) is 0 Å². The second-order valence-electron chi connectivity index (χ2n) is 6.01. The molecule has 2 N–H and O–H groups in total. The van der Waals surface area contributed by atoms with Crippen LogP contribution in [0.15, 0.2) is 24.4 Å². The van der Waals surface area contributed by atoms with Crippen LogP contribution >= 0.6 is 0 Å². The Morgan fingerprint density at radius 2 is 2.30 bits per heavy atom. The Morgan fingerprint density at radius 1 is 1.48 bits per heavy atom. The highest BCUT2D eigenvalue weighted by molar-refractivity contribution is 5.90. The first-order chi connectivity index (χ1) is 11.1. The van der Waals surface area contributed by atoms with Crippen molar-refractivity contribution in [1.29, 1.82) is 0 Å². The Balaban J connectivity index is 1.79. The number of carbonyl (C=O) groups is 1. The number of piperidine rings is 1. The molecular formula is C16H19N3O4. The Kier molecular flexibility index (Phi) is 4.29. The number of non-ortho nitro benzene ring substituents is 1. The number of nitro groups is 1. The van der Waals surface area contributed by atoms with E-state index in [1.54, 1.807) is 17.2 Å². The van der Waals surface area contributed by atoms with Crippen LogP contribution in [0.25, 0.3) is 10.9 Å². The molecule has 122 valence electrons. The van der Waals surface area contributed by atoms with E-state index in [4.69, 9.17) is 0 Å². The fraction of sp³-hybridized carbons (Fsp3) is 0.438. The summed E-state index contributed by atoms with van der Waals surface area (Å²) in [5.41, 5.74) is 1.56. The molecule has 7 heteroatoms. The number of rotatable bonds is 4. The minimum atomic E-state index is -0.436. The Labute approximate surface area is 133 Å². The number of aliphatic hydroxyl groups is 1. The number of carbonyl (C=O) groups excluding carboxylic acids is 1. The largest absolute Gasteiger partial charge is 0.396 e. The summed E-state index contributed by atoms with van der Waals surface area (Å²) in [6.45, 7) is 1.39. The van der Waals surface area contributed by atoms with Crippen molar-refractivity contribution in [2.75, 3.05) is 19.7 Å². The van der Waals surface area contributed by atoms with Crippen molar-refractivity contribution in [2.24, 2.45) is 5.92 Å². The minimum absolute atomic E-state index is 0.00411. The van der Waals surface area contributed by atoms with Gasteiger partial charge in [-0.05, 0) is 30.4 Å². The number of amides is 1. The second-order valence-corrected chi connectivity index (χ2v) is 6.01. The molecule has 1 aromatic carbocycles. The summed E-state index contributed by atoms with van der Waals surface area (Å²) >= 11 is 0. The molecule has 23 heavy (non-hydrogen) atoms. The summed E-state index contributed by atoms with van der Waals surface area (Å²) in [7, 11) is 0. The number of hydrogen-bond acceptors (Lipinski definition) is 4. The molecule has 1 amide bonds. The molecule has 3 rings (SSSR count). The average molecular weight is 317 g/mol. The van der Waals surface area contributed by atoms with Gasteiger partial charge in [0.05, 0.1) is 11.3 Å². The molecule has 0 radical (unpaired) electrons. The minimum Gasteiger partial charge on any atom is -0.396 e. The number of benzene rings is 1. The number of aromatic nitrogens is 1. The number of hydrogen-bond donors (Lipinski definition) is 2. The van der Waals surface area contributed by atoms with Gasteiger partial charge in [-0.15, -0.1) is 0 Å². The maximum Gasteiger partial charge on any atom is 0.270 e. The lowest BCUT2D eigenvalue weighted by Crippen LogP contribution is -2.41. The van der Waals surface area contributed by atoms with E-state index >= 15 is 0 Å². The maximum atomic E-state index is 12.5. The number of nitro benzene ring substituents is 1. The van der Waals surface area contributed by atoms with Crippen LogP contribution in [0.3, 0.4) is 0 Å². The van der Waals surface area contributed by atoms with Gasteiger partial charge >= 0.3 is 0 Å². The Bertz CT molecular complexity index is 740. The average Bonchev–Trinajstić information content (AvgIpc) is 2.97. The van der Waals surface area contributed by atoms with Crippen LogP contribution in [-0.4, -0.2) is 45.5 Å². The lowest BCUT2D eigenvalue weighted by molar-refractivity contribution is -0.384. The quantitative estimate of drug-likeness (QED) is 0.664. The molecule has 2 aromatic rings. The SMILES string of the molecule is O=C(Cc1c[nH]c2ccc([N+](=O)[O-])cc12)N1CCCC(CO)C1. The van der Waals surface area contributed by atoms with Gasteiger partial charge in [0.2, 0.25) is 5.91 Å². The first kappa shape index (κ1) is 15.5. The van der Waals surface area contributed by atoms with E-state index in [0.717, 1.165) is 23.9 Å². The van der Waals surface area contributed by atoms with Gasteiger partial charge in [0.25, 0.3) is 5.69 Å². The van der Waals surface area contributed by atoms with Gasteiger partial charge < -0.3 is 15.0 Å². The number of likely N-dealkylation sites (tertiary alicyclic amines) is 1. The number of aliphatic hydroxyl groups excluding tert-OH is 1. The van der Waals surface area contributed by atoms with E-state index in [2.05, 4.69) is 4.98 Å². The molecule has 1 saturated heterocycles. The highest BCUT2D eigenvalue weighted by Crippen LogP contribution is 2.25. The van der Waals surface area contributed by atoms with Crippen molar-refractivity contribution in [3.8, 4) is 0 Å². The summed E-state index contributed by atoms with van der Waals surface area (Å²) < 4.78 is 0. The fourth-order valence-corrected chi connectivity index (χ4v) is 3.14. The molecule has 0 bridgehead atoms. The van der Waals surface area contributed by atoms with Crippen molar-refractivity contribution >= 4 is 22.5 Å². The zero-order valence-electron chi connectivity index (χ0n) is 12.7. The van der Waals surface area contributed by atoms with Gasteiger partial charge in [-0.2, -0.15) is 0 Å². The van der Waals surface area contributed by atoms with Gasteiger partial charge in [-0.1, -0.05) is 0 Å². The number of H-pyrrole nitrogens is 1. The molecule has 2 heterocycles. The van der Waals surface area contributed by atoms with Crippen LogP contribution in [0.2, 0.25) is 0 Å². The van der Waals surface area contributed by atoms with Crippen LogP contribution in [-0.2, 0) is 11.2 Å². The molecule has 1 aliphatic rings. The third-order valence-corrected chi connectivity index (χ3v) is 4.43. The summed E-state index contributed by atoms with van der Waals surface area (Å²) in [5, 5.41) is 20.9. The van der Waals surface area contributed by atoms with Crippen LogP contribution < -0.4 is 0 Å². The van der Waals surface area contributed by atoms with E-state index in [1.807, 2.05) is 0 Å². The highest BCUT2D eigenvalue weighted by atomic mass is 16.6. The molecular weight excluding hydrogens is 298 g/mol. The molecule has 1 aromatic heterocycles. The maximum absolute atomic E-state index is 12.5. The van der Waals surface area contributed by atoms with Crippen LogP contribution in [0.4, 0.5) is 5.69 Å². The van der Waals surface area contributed by atoms with Gasteiger partial charge in [-0.3, -0.25) is 14.9 Å². The van der Waals surface area contributed by atoms with E-state index in [0.29, 0.717) is 18.5 Å². The number of fused-ring (bicyclic) bond motifs is 1. The van der Waals surface area contributed by atoms with Crippen molar-refractivity contribution in [2.45, 2.75) is 19.3 Å². The Morgan fingerprint density at radius 3 is 3.04 bits per heavy atom. The molecule has 1 unspecified atom stereocenters. The molecule has 0 aliphatic carbocycles. The van der Waals surface area contributed by atoms with Crippen LogP contribution in [0, 0.1) is 16.0 Å². The van der Waals surface area contributed by atoms with Gasteiger partial charge in [-0.25, -0.2) is 0 Å². The normalized spacial score (nSPS) is 18.3. The summed E-state index contributed by atoms with van der Waals surface area (Å²) in [6.07, 6.45) is 3.79. The molecule has 0 saturated carbocycles. The number of nitrogens with zero attached hydrogens (tertiary/aromatic N) is 2. The molecule has 7 nitrogen and oxygen atoms in total. The zero-order valence-corrected chi connectivity index (χ0v) is 12.7. The molecule has 1 fully saturated rings. The lowest BCUT2D eigenvalue weighted by Gasteiger charge is -2.31. The molecule has 0 spiro atoms. The molecule has 1 aliphatic heterocycles. The van der Waals surface area contributed by atoms with Crippen LogP contribution in [0.1, 0.15) is 18.4 Å². The van der Waals surface area contributed by atoms with E-state index in [9.17, 15) is 20.0 Å². The predicted molar refractivity (Wildman–Crippen MR) is 85.0 cm³/mol. The smallest absolute Gasteiger partial charge is 0.270 e.